The number of hydrogen-bond donors (Lipinski definition) is 3. The second kappa shape index (κ2) is 6.92. The number of anilines is 1. The number of aliphatic hydroxyl groups excluding tert-OH is 1. The minimum atomic E-state index is 0.0931. The van der Waals surface area contributed by atoms with Crippen LogP contribution in [0.5, 0.6) is 0 Å². The van der Waals surface area contributed by atoms with E-state index in [9.17, 15) is 5.11 Å². The van der Waals surface area contributed by atoms with Crippen molar-refractivity contribution in [3.8, 4) is 0 Å². The van der Waals surface area contributed by atoms with Gasteiger partial charge in [-0.1, -0.05) is 36.4 Å². The Bertz CT molecular complexity index is 508. The molecule has 0 saturated carbocycles. The summed E-state index contributed by atoms with van der Waals surface area (Å²) < 4.78 is 0. The summed E-state index contributed by atoms with van der Waals surface area (Å²) in [5.41, 5.74) is 9.87. The number of aliphatic hydroxyl groups is 1. The highest BCUT2D eigenvalue weighted by Gasteiger charge is 1.99. The SMILES string of the molecule is Nc1ccc(CCNCc2ccccc2CO)cc1. The first-order valence-electron chi connectivity index (χ1n) is 6.52. The molecule has 0 spiro atoms. The van der Waals surface area contributed by atoms with Gasteiger partial charge in [-0.05, 0) is 41.8 Å². The first kappa shape index (κ1) is 13.6. The third-order valence-electron chi connectivity index (χ3n) is 3.17. The maximum absolute atomic E-state index is 9.24. The Kier molecular flexibility index (Phi) is 4.95. The summed E-state index contributed by atoms with van der Waals surface area (Å²) in [6.07, 6.45) is 0.974. The Hall–Kier alpha value is -1.84. The fraction of sp³-hybridized carbons (Fsp3) is 0.250. The van der Waals surface area contributed by atoms with Crippen molar-refractivity contribution >= 4 is 5.69 Å². The summed E-state index contributed by atoms with van der Waals surface area (Å²) in [5.74, 6) is 0. The normalized spacial score (nSPS) is 10.6. The zero-order valence-corrected chi connectivity index (χ0v) is 11.0. The molecule has 0 fully saturated rings. The molecular weight excluding hydrogens is 236 g/mol. The van der Waals surface area contributed by atoms with Gasteiger partial charge in [-0.15, -0.1) is 0 Å². The number of hydrogen-bond acceptors (Lipinski definition) is 3. The Morgan fingerprint density at radius 1 is 0.947 bits per heavy atom. The Balaban J connectivity index is 1.79. The largest absolute Gasteiger partial charge is 0.399 e. The van der Waals surface area contributed by atoms with Crippen LogP contribution in [-0.2, 0) is 19.6 Å². The fourth-order valence-corrected chi connectivity index (χ4v) is 2.02. The van der Waals surface area contributed by atoms with Crippen LogP contribution in [-0.4, -0.2) is 11.7 Å². The third kappa shape index (κ3) is 4.09. The molecule has 2 aromatic carbocycles. The molecule has 0 heterocycles. The van der Waals surface area contributed by atoms with Gasteiger partial charge in [0.25, 0.3) is 0 Å². The minimum Gasteiger partial charge on any atom is -0.399 e. The lowest BCUT2D eigenvalue weighted by molar-refractivity contribution is 0.280. The summed E-state index contributed by atoms with van der Waals surface area (Å²) >= 11 is 0. The number of nitrogens with one attached hydrogen (secondary N) is 1. The van der Waals surface area contributed by atoms with Gasteiger partial charge in [-0.25, -0.2) is 0 Å². The van der Waals surface area contributed by atoms with Crippen molar-refractivity contribution in [2.45, 2.75) is 19.6 Å². The van der Waals surface area contributed by atoms with Gasteiger partial charge >= 0.3 is 0 Å². The van der Waals surface area contributed by atoms with E-state index in [1.165, 1.54) is 5.56 Å². The highest BCUT2D eigenvalue weighted by molar-refractivity contribution is 5.39. The van der Waals surface area contributed by atoms with E-state index in [1.54, 1.807) is 0 Å². The molecule has 2 rings (SSSR count). The quantitative estimate of drug-likeness (QED) is 0.548. The number of rotatable bonds is 6. The van der Waals surface area contributed by atoms with E-state index < -0.39 is 0 Å². The molecule has 0 bridgehead atoms. The molecule has 0 aliphatic heterocycles. The predicted molar refractivity (Wildman–Crippen MR) is 78.6 cm³/mol. The van der Waals surface area contributed by atoms with Crippen LogP contribution in [0.3, 0.4) is 0 Å². The molecule has 0 unspecified atom stereocenters. The van der Waals surface area contributed by atoms with Crippen molar-refractivity contribution in [1.29, 1.82) is 0 Å². The second-order valence-electron chi connectivity index (χ2n) is 4.60. The molecular formula is C16H20N2O. The molecule has 19 heavy (non-hydrogen) atoms. The molecule has 4 N–H and O–H groups in total. The van der Waals surface area contributed by atoms with E-state index in [2.05, 4.69) is 17.4 Å². The van der Waals surface area contributed by atoms with Crippen molar-refractivity contribution in [3.05, 3.63) is 65.2 Å². The van der Waals surface area contributed by atoms with Gasteiger partial charge in [0.2, 0.25) is 0 Å². The van der Waals surface area contributed by atoms with Crippen LogP contribution in [0.1, 0.15) is 16.7 Å². The molecule has 0 saturated heterocycles. The van der Waals surface area contributed by atoms with Gasteiger partial charge in [0.15, 0.2) is 0 Å². The maximum atomic E-state index is 9.24. The van der Waals surface area contributed by atoms with Gasteiger partial charge in [-0.3, -0.25) is 0 Å². The molecule has 3 nitrogen and oxygen atoms in total. The summed E-state index contributed by atoms with van der Waals surface area (Å²) in [6.45, 7) is 1.78. The van der Waals surface area contributed by atoms with Crippen molar-refractivity contribution in [3.63, 3.8) is 0 Å². The molecule has 0 amide bonds. The zero-order chi connectivity index (χ0) is 13.5. The van der Waals surface area contributed by atoms with Gasteiger partial charge < -0.3 is 16.2 Å². The fourth-order valence-electron chi connectivity index (χ4n) is 2.02. The number of benzene rings is 2. The second-order valence-corrected chi connectivity index (χ2v) is 4.60. The molecule has 100 valence electrons. The van der Waals surface area contributed by atoms with Crippen LogP contribution in [0, 0.1) is 0 Å². The molecule has 2 aromatic rings. The molecule has 0 radical (unpaired) electrons. The Morgan fingerprint density at radius 2 is 1.63 bits per heavy atom. The predicted octanol–water partition coefficient (Wildman–Crippen LogP) is 2.09. The Morgan fingerprint density at radius 3 is 2.32 bits per heavy atom. The van der Waals surface area contributed by atoms with Crippen LogP contribution in [0.4, 0.5) is 5.69 Å². The van der Waals surface area contributed by atoms with Crippen LogP contribution >= 0.6 is 0 Å². The third-order valence-corrected chi connectivity index (χ3v) is 3.17. The van der Waals surface area contributed by atoms with E-state index >= 15 is 0 Å². The smallest absolute Gasteiger partial charge is 0.0685 e. The summed E-state index contributed by atoms with van der Waals surface area (Å²) in [4.78, 5) is 0. The average Bonchev–Trinajstić information content (AvgIpc) is 2.46. The Labute approximate surface area is 114 Å². The molecule has 0 atom stereocenters. The van der Waals surface area contributed by atoms with Gasteiger partial charge in [0.05, 0.1) is 6.61 Å². The van der Waals surface area contributed by atoms with E-state index in [0.29, 0.717) is 0 Å². The van der Waals surface area contributed by atoms with Gasteiger partial charge in [-0.2, -0.15) is 0 Å². The van der Waals surface area contributed by atoms with Crippen molar-refractivity contribution in [1.82, 2.24) is 5.32 Å². The van der Waals surface area contributed by atoms with Gasteiger partial charge in [0, 0.05) is 12.2 Å². The van der Waals surface area contributed by atoms with E-state index in [4.69, 9.17) is 5.73 Å². The van der Waals surface area contributed by atoms with E-state index in [1.807, 2.05) is 36.4 Å². The van der Waals surface area contributed by atoms with Crippen molar-refractivity contribution in [2.24, 2.45) is 0 Å². The highest BCUT2D eigenvalue weighted by Crippen LogP contribution is 2.08. The zero-order valence-electron chi connectivity index (χ0n) is 11.0. The van der Waals surface area contributed by atoms with E-state index in [0.717, 1.165) is 36.3 Å². The molecule has 0 aliphatic carbocycles. The van der Waals surface area contributed by atoms with Crippen LogP contribution in [0.25, 0.3) is 0 Å². The number of nitrogens with two attached hydrogens (primary N) is 1. The highest BCUT2D eigenvalue weighted by atomic mass is 16.3. The van der Waals surface area contributed by atoms with Crippen LogP contribution < -0.4 is 11.1 Å². The molecule has 0 aromatic heterocycles. The van der Waals surface area contributed by atoms with Gasteiger partial charge in [0.1, 0.15) is 0 Å². The lowest BCUT2D eigenvalue weighted by atomic mass is 10.1. The summed E-state index contributed by atoms with van der Waals surface area (Å²) in [7, 11) is 0. The number of nitrogen functional groups attached to an aromatic ring is 1. The standard InChI is InChI=1S/C16H20N2O/c17-16-7-5-13(6-8-16)9-10-18-11-14-3-1-2-4-15(14)12-19/h1-8,18-19H,9-12,17H2. The maximum Gasteiger partial charge on any atom is 0.0685 e. The lowest BCUT2D eigenvalue weighted by Gasteiger charge is -2.09. The van der Waals surface area contributed by atoms with Crippen LogP contribution in [0.2, 0.25) is 0 Å². The average molecular weight is 256 g/mol. The minimum absolute atomic E-state index is 0.0931. The first-order chi connectivity index (χ1) is 9.29. The topological polar surface area (TPSA) is 58.3 Å². The molecule has 0 aliphatic rings. The molecule has 3 heteroatoms. The first-order valence-corrected chi connectivity index (χ1v) is 6.52. The monoisotopic (exact) mass is 256 g/mol. The summed E-state index contributed by atoms with van der Waals surface area (Å²) in [6, 6.07) is 15.9. The van der Waals surface area contributed by atoms with Crippen molar-refractivity contribution < 1.29 is 5.11 Å². The van der Waals surface area contributed by atoms with Crippen LogP contribution in [0.15, 0.2) is 48.5 Å². The lowest BCUT2D eigenvalue weighted by Crippen LogP contribution is -2.17. The van der Waals surface area contributed by atoms with E-state index in [-0.39, 0.29) is 6.61 Å². The van der Waals surface area contributed by atoms with Crippen molar-refractivity contribution in [2.75, 3.05) is 12.3 Å². The summed E-state index contributed by atoms with van der Waals surface area (Å²) in [5, 5.41) is 12.6.